The van der Waals surface area contributed by atoms with Crippen molar-refractivity contribution < 1.29 is 0 Å². The van der Waals surface area contributed by atoms with Crippen LogP contribution in [0.15, 0.2) is 45.3 Å². The first-order valence-corrected chi connectivity index (χ1v) is 25.4. The van der Waals surface area contributed by atoms with Crippen molar-refractivity contribution in [3.8, 4) is 11.1 Å². The fraction of sp³-hybridized carbons (Fsp3) is 0.774. The van der Waals surface area contributed by atoms with Gasteiger partial charge in [0.05, 0.1) is 0 Å². The largest absolute Gasteiger partial charge is 0.0628 e. The molecule has 0 radical (unpaired) electrons. The van der Waals surface area contributed by atoms with Gasteiger partial charge in [0.25, 0.3) is 0 Å². The van der Waals surface area contributed by atoms with Gasteiger partial charge in [0.1, 0.15) is 0 Å². The lowest BCUT2D eigenvalue weighted by Gasteiger charge is -2.35. The molecule has 0 bridgehead atoms. The molecule has 2 heteroatoms. The lowest BCUT2D eigenvalue weighted by molar-refractivity contribution is 0.321. The molecule has 0 aliphatic heterocycles. The Morgan fingerprint density at radius 1 is 0.364 bits per heavy atom. The van der Waals surface area contributed by atoms with E-state index in [9.17, 15) is 0 Å². The maximum absolute atomic E-state index is 3.91. The fourth-order valence-electron chi connectivity index (χ4n) is 9.96. The Morgan fingerprint density at radius 2 is 0.618 bits per heavy atom. The van der Waals surface area contributed by atoms with Gasteiger partial charge in [-0.1, -0.05) is 229 Å². The van der Waals surface area contributed by atoms with Gasteiger partial charge in [-0.3, -0.25) is 0 Å². The molecule has 0 aromatic heterocycles. The number of hydrogen-bond donors (Lipinski definition) is 0. The van der Waals surface area contributed by atoms with Gasteiger partial charge in [0.15, 0.2) is 0 Å². The number of benzene rings is 2. The molecule has 2 aromatic carbocycles. The SMILES string of the molecule is CC(C)CCCC(C)CCCC(C)CCCC(C)CCC1(CCC(C)CCCC(C)CCCC(C)CCCC(C)C)c2cc(Br)ccc2-c2ccc(Br)cc21. The molecule has 6 atom stereocenters. The van der Waals surface area contributed by atoms with Crippen LogP contribution in [0.25, 0.3) is 11.1 Å². The van der Waals surface area contributed by atoms with Crippen molar-refractivity contribution in [1.82, 2.24) is 0 Å². The topological polar surface area (TPSA) is 0 Å². The maximum Gasteiger partial charge on any atom is 0.0216 e. The van der Waals surface area contributed by atoms with Crippen molar-refractivity contribution in [2.24, 2.45) is 47.3 Å². The highest BCUT2D eigenvalue weighted by atomic mass is 79.9. The zero-order valence-corrected chi connectivity index (χ0v) is 41.1. The number of fused-ring (bicyclic) bond motifs is 3. The molecule has 0 heterocycles. The third-order valence-corrected chi connectivity index (χ3v) is 14.9. The minimum absolute atomic E-state index is 0.0963. The third-order valence-electron chi connectivity index (χ3n) is 13.9. The molecular weight excluding hydrogens is 796 g/mol. The van der Waals surface area contributed by atoms with Crippen LogP contribution in [-0.2, 0) is 5.41 Å². The van der Waals surface area contributed by atoms with Crippen molar-refractivity contribution in [3.63, 3.8) is 0 Å². The minimum atomic E-state index is 0.0963. The van der Waals surface area contributed by atoms with Crippen LogP contribution < -0.4 is 0 Å². The Morgan fingerprint density at radius 3 is 0.891 bits per heavy atom. The second-order valence-corrected chi connectivity index (χ2v) is 22.4. The van der Waals surface area contributed by atoms with Gasteiger partial charge in [-0.15, -0.1) is 0 Å². The summed E-state index contributed by atoms with van der Waals surface area (Å²) < 4.78 is 2.45. The van der Waals surface area contributed by atoms with E-state index < -0.39 is 0 Å². The zero-order valence-electron chi connectivity index (χ0n) is 37.9. The van der Waals surface area contributed by atoms with E-state index in [1.54, 1.807) is 11.1 Å². The summed E-state index contributed by atoms with van der Waals surface area (Å²) in [5.41, 5.74) is 6.19. The molecule has 0 saturated heterocycles. The van der Waals surface area contributed by atoms with Crippen molar-refractivity contribution in [2.75, 3.05) is 0 Å². The molecule has 1 aliphatic carbocycles. The molecule has 1 aliphatic rings. The number of hydrogen-bond acceptors (Lipinski definition) is 0. The average Bonchev–Trinajstić information content (AvgIpc) is 3.37. The first-order valence-electron chi connectivity index (χ1n) is 23.8. The Kier molecular flexibility index (Phi) is 22.9. The molecule has 0 amide bonds. The summed E-state index contributed by atoms with van der Waals surface area (Å²) in [7, 11) is 0. The Labute approximate surface area is 360 Å². The van der Waals surface area contributed by atoms with Crippen molar-refractivity contribution in [3.05, 3.63) is 56.5 Å². The molecule has 55 heavy (non-hydrogen) atoms. The first kappa shape index (κ1) is 48.8. The summed E-state index contributed by atoms with van der Waals surface area (Å²) in [6.07, 6.45) is 30.4. The highest BCUT2D eigenvalue weighted by Crippen LogP contribution is 2.55. The van der Waals surface area contributed by atoms with Crippen LogP contribution in [0.4, 0.5) is 0 Å². The van der Waals surface area contributed by atoms with Crippen LogP contribution in [-0.4, -0.2) is 0 Å². The molecule has 2 aromatic rings. The maximum atomic E-state index is 3.91. The van der Waals surface area contributed by atoms with Gasteiger partial charge >= 0.3 is 0 Å². The summed E-state index contributed by atoms with van der Waals surface area (Å²) in [6, 6.07) is 14.3. The van der Waals surface area contributed by atoms with Crippen LogP contribution in [0, 0.1) is 47.3 Å². The van der Waals surface area contributed by atoms with E-state index in [1.807, 2.05) is 0 Å². The minimum Gasteiger partial charge on any atom is -0.0628 e. The number of rotatable bonds is 30. The van der Waals surface area contributed by atoms with Gasteiger partial charge < -0.3 is 0 Å². The number of halogens is 2. The van der Waals surface area contributed by atoms with E-state index >= 15 is 0 Å². The van der Waals surface area contributed by atoms with Crippen LogP contribution in [0.3, 0.4) is 0 Å². The van der Waals surface area contributed by atoms with Gasteiger partial charge in [0.2, 0.25) is 0 Å². The monoisotopic (exact) mass is 883 g/mol. The van der Waals surface area contributed by atoms with Gasteiger partial charge in [-0.2, -0.15) is 0 Å². The summed E-state index contributed by atoms with van der Waals surface area (Å²) in [5, 5.41) is 0. The molecule has 0 nitrogen and oxygen atoms in total. The lowest BCUT2D eigenvalue weighted by Crippen LogP contribution is -2.27. The smallest absolute Gasteiger partial charge is 0.0216 e. The van der Waals surface area contributed by atoms with E-state index in [-0.39, 0.29) is 5.41 Å². The Hall–Kier alpha value is -0.600. The highest BCUT2D eigenvalue weighted by molar-refractivity contribution is 9.10. The standard InChI is InChI=1S/C53H88Br2/c1-39(2)17-11-19-41(5)21-13-23-43(7)25-15-27-45(9)33-35-53(51-37-47(54)29-31-49(51)50-32-30-48(55)38-52(50)53)36-34-46(10)28-16-26-44(8)24-14-22-42(6)20-12-18-40(3)4/h29-32,37-46H,11-28,33-36H2,1-10H3. The van der Waals surface area contributed by atoms with Crippen molar-refractivity contribution in [1.29, 1.82) is 0 Å². The quantitative estimate of drug-likeness (QED) is 0.0733. The first-order chi connectivity index (χ1) is 26.2. The summed E-state index contributed by atoms with van der Waals surface area (Å²) >= 11 is 7.81. The van der Waals surface area contributed by atoms with Crippen molar-refractivity contribution >= 4 is 31.9 Å². The molecule has 0 saturated carbocycles. The summed E-state index contributed by atoms with van der Waals surface area (Å²) in [4.78, 5) is 0. The predicted molar refractivity (Wildman–Crippen MR) is 254 cm³/mol. The van der Waals surface area contributed by atoms with E-state index in [0.717, 1.165) is 47.3 Å². The second-order valence-electron chi connectivity index (χ2n) is 20.5. The van der Waals surface area contributed by atoms with E-state index in [2.05, 4.69) is 137 Å². The lowest BCUT2D eigenvalue weighted by atomic mass is 9.69. The fourth-order valence-corrected chi connectivity index (χ4v) is 10.7. The molecule has 3 rings (SSSR count). The van der Waals surface area contributed by atoms with Crippen LogP contribution >= 0.6 is 31.9 Å². The average molecular weight is 885 g/mol. The van der Waals surface area contributed by atoms with Gasteiger partial charge in [0, 0.05) is 14.4 Å². The van der Waals surface area contributed by atoms with E-state index in [4.69, 9.17) is 0 Å². The summed E-state index contributed by atoms with van der Waals surface area (Å²) in [6.45, 7) is 24.5. The molecule has 0 N–H and O–H groups in total. The van der Waals surface area contributed by atoms with E-state index in [0.29, 0.717) is 0 Å². The molecule has 6 unspecified atom stereocenters. The highest BCUT2D eigenvalue weighted by Gasteiger charge is 2.43. The molecule has 314 valence electrons. The molecule has 0 fully saturated rings. The Balaban J connectivity index is 1.53. The zero-order chi connectivity index (χ0) is 40.4. The van der Waals surface area contributed by atoms with E-state index in [1.165, 1.54) is 161 Å². The summed E-state index contributed by atoms with van der Waals surface area (Å²) in [5.74, 6) is 6.75. The third kappa shape index (κ3) is 17.7. The van der Waals surface area contributed by atoms with Crippen LogP contribution in [0.1, 0.15) is 222 Å². The van der Waals surface area contributed by atoms with Gasteiger partial charge in [-0.25, -0.2) is 0 Å². The van der Waals surface area contributed by atoms with Gasteiger partial charge in [-0.05, 0) is 120 Å². The predicted octanol–water partition coefficient (Wildman–Crippen LogP) is 19.2. The normalized spacial score (nSPS) is 16.9. The van der Waals surface area contributed by atoms with Crippen LogP contribution in [0.5, 0.6) is 0 Å². The molecular formula is C53H88Br2. The second kappa shape index (κ2) is 25.8. The van der Waals surface area contributed by atoms with Crippen LogP contribution in [0.2, 0.25) is 0 Å². The Bertz CT molecular complexity index is 1220. The molecule has 0 spiro atoms. The van der Waals surface area contributed by atoms with Crippen molar-refractivity contribution in [2.45, 2.75) is 216 Å².